The molecule has 0 aromatic heterocycles. The Labute approximate surface area is 124 Å². The molecule has 0 bridgehead atoms. The van der Waals surface area contributed by atoms with Crippen LogP contribution in [0.5, 0.6) is 5.75 Å². The number of fused-ring (bicyclic) bond motifs is 1. The highest BCUT2D eigenvalue weighted by Gasteiger charge is 2.40. The van der Waals surface area contributed by atoms with Crippen molar-refractivity contribution in [1.29, 1.82) is 0 Å². The van der Waals surface area contributed by atoms with Gasteiger partial charge in [0.1, 0.15) is 12.3 Å². The van der Waals surface area contributed by atoms with E-state index in [2.05, 4.69) is 0 Å². The molecule has 1 atom stereocenters. The summed E-state index contributed by atoms with van der Waals surface area (Å²) in [6.45, 7) is -1.21. The van der Waals surface area contributed by atoms with Gasteiger partial charge in [-0.15, -0.1) is 0 Å². The number of aryl methyl sites for hydroxylation is 1. The summed E-state index contributed by atoms with van der Waals surface area (Å²) >= 11 is 0. The Hall–Kier alpha value is -2.05. The molecule has 1 amide bonds. The normalized spacial score (nSPS) is 21.4. The second-order valence-corrected chi connectivity index (χ2v) is 5.51. The minimum absolute atomic E-state index is 0.0342. The molecule has 22 heavy (non-hydrogen) atoms. The third-order valence-corrected chi connectivity index (χ3v) is 3.90. The summed E-state index contributed by atoms with van der Waals surface area (Å²) in [5.74, 6) is -0.149. The highest BCUT2D eigenvalue weighted by molar-refractivity contribution is 6.00. The predicted molar refractivity (Wildman–Crippen MR) is 70.8 cm³/mol. The van der Waals surface area contributed by atoms with E-state index in [0.717, 1.165) is 10.5 Å². The maximum atomic E-state index is 12.4. The number of amides is 1. The molecular formula is C15H14F3NO3. The lowest BCUT2D eigenvalue weighted by molar-refractivity contribution is -0.159. The van der Waals surface area contributed by atoms with Crippen LogP contribution in [0.25, 0.3) is 0 Å². The minimum Gasteiger partial charge on any atom is -0.481 e. The van der Waals surface area contributed by atoms with Crippen molar-refractivity contribution in [3.8, 4) is 5.75 Å². The van der Waals surface area contributed by atoms with Gasteiger partial charge in [0.05, 0.1) is 0 Å². The van der Waals surface area contributed by atoms with Crippen molar-refractivity contribution in [3.63, 3.8) is 0 Å². The average molecular weight is 313 g/mol. The van der Waals surface area contributed by atoms with Gasteiger partial charge in [0.2, 0.25) is 0 Å². The molecule has 0 saturated carbocycles. The van der Waals surface area contributed by atoms with E-state index in [1.165, 1.54) is 0 Å². The van der Waals surface area contributed by atoms with Crippen LogP contribution in [0.3, 0.4) is 0 Å². The van der Waals surface area contributed by atoms with Crippen molar-refractivity contribution in [1.82, 2.24) is 4.90 Å². The second-order valence-electron chi connectivity index (χ2n) is 5.51. The van der Waals surface area contributed by atoms with Crippen molar-refractivity contribution in [2.24, 2.45) is 0 Å². The van der Waals surface area contributed by atoms with Crippen LogP contribution in [-0.2, 0) is 11.2 Å². The van der Waals surface area contributed by atoms with E-state index in [9.17, 15) is 22.8 Å². The summed E-state index contributed by atoms with van der Waals surface area (Å²) in [6.07, 6.45) is -3.98. The number of ketones is 1. The molecule has 4 nitrogen and oxygen atoms in total. The van der Waals surface area contributed by atoms with Crippen LogP contribution in [0.15, 0.2) is 18.2 Å². The number of Topliss-reactive ketones (excluding diaryl/α,β-unsaturated/α-hetero) is 1. The van der Waals surface area contributed by atoms with Gasteiger partial charge in [0.25, 0.3) is 5.91 Å². The molecule has 1 saturated heterocycles. The Morgan fingerprint density at radius 1 is 1.23 bits per heavy atom. The molecule has 3 rings (SSSR count). The van der Waals surface area contributed by atoms with Gasteiger partial charge in [-0.2, -0.15) is 13.2 Å². The number of benzene rings is 1. The number of carbonyl (C=O) groups excluding carboxylic acids is 2. The Kier molecular flexibility index (Phi) is 3.58. The van der Waals surface area contributed by atoms with Crippen molar-refractivity contribution in [3.05, 3.63) is 29.3 Å². The number of nitrogens with zero attached hydrogens (tertiary/aromatic N) is 1. The molecule has 7 heteroatoms. The average Bonchev–Trinajstić information content (AvgIpc) is 2.95. The number of hydrogen-bond acceptors (Lipinski definition) is 3. The number of likely N-dealkylation sites (tertiary alicyclic amines) is 1. The quantitative estimate of drug-likeness (QED) is 0.860. The molecule has 1 aromatic carbocycles. The summed E-state index contributed by atoms with van der Waals surface area (Å²) in [5, 5.41) is 0. The fourth-order valence-electron chi connectivity index (χ4n) is 2.86. The van der Waals surface area contributed by atoms with Crippen molar-refractivity contribution in [2.75, 3.05) is 13.1 Å². The highest BCUT2D eigenvalue weighted by atomic mass is 19.4. The smallest absolute Gasteiger partial charge is 0.406 e. The Morgan fingerprint density at radius 3 is 2.73 bits per heavy atom. The number of halogens is 3. The monoisotopic (exact) mass is 313 g/mol. The van der Waals surface area contributed by atoms with Gasteiger partial charge >= 0.3 is 6.18 Å². The Balaban J connectivity index is 1.67. The number of ether oxygens (including phenoxy) is 1. The van der Waals surface area contributed by atoms with Crippen molar-refractivity contribution >= 4 is 11.7 Å². The fraction of sp³-hybridized carbons (Fsp3) is 0.467. The lowest BCUT2D eigenvalue weighted by Gasteiger charge is -2.18. The fourth-order valence-corrected chi connectivity index (χ4v) is 2.86. The third kappa shape index (κ3) is 2.93. The standard InChI is InChI=1S/C15H14F3NO3/c16-15(17,18)8-19-6-5-13(14(19)21)22-10-2-3-11-9(7-10)1-4-12(11)20/h2-3,7,13H,1,4-6,8H2/t13-/m1/s1. The summed E-state index contributed by atoms with van der Waals surface area (Å²) in [6, 6.07) is 4.93. The van der Waals surface area contributed by atoms with E-state index in [1.807, 2.05) is 0 Å². The zero-order chi connectivity index (χ0) is 15.9. The predicted octanol–water partition coefficient (Wildman–Crippen LogP) is 2.36. The number of alkyl halides is 3. The topological polar surface area (TPSA) is 46.6 Å². The van der Waals surface area contributed by atoms with Crippen molar-refractivity contribution < 1.29 is 27.5 Å². The SMILES string of the molecule is O=C1CCc2cc(O[C@@H]3CCN(CC(F)(F)F)C3=O)ccc21. The Morgan fingerprint density at radius 2 is 2.00 bits per heavy atom. The highest BCUT2D eigenvalue weighted by Crippen LogP contribution is 2.28. The van der Waals surface area contributed by atoms with E-state index < -0.39 is 24.7 Å². The molecule has 1 aliphatic heterocycles. The Bertz CT molecular complexity index is 627. The molecule has 0 N–H and O–H groups in total. The van der Waals surface area contributed by atoms with Crippen LogP contribution >= 0.6 is 0 Å². The van der Waals surface area contributed by atoms with Gasteiger partial charge in [-0.05, 0) is 30.2 Å². The second kappa shape index (κ2) is 5.30. The molecule has 2 aliphatic rings. The molecule has 0 spiro atoms. The van der Waals surface area contributed by atoms with E-state index in [4.69, 9.17) is 4.74 Å². The zero-order valence-electron chi connectivity index (χ0n) is 11.7. The lowest BCUT2D eigenvalue weighted by Crippen LogP contribution is -2.38. The maximum absolute atomic E-state index is 12.4. The molecule has 0 radical (unpaired) electrons. The van der Waals surface area contributed by atoms with Gasteiger partial charge in [-0.25, -0.2) is 0 Å². The lowest BCUT2D eigenvalue weighted by atomic mass is 10.1. The molecule has 1 aromatic rings. The number of hydrogen-bond donors (Lipinski definition) is 0. The van der Waals surface area contributed by atoms with E-state index in [0.29, 0.717) is 24.2 Å². The first-order chi connectivity index (χ1) is 10.3. The van der Waals surface area contributed by atoms with Gasteiger partial charge in [0, 0.05) is 24.9 Å². The van der Waals surface area contributed by atoms with Crippen LogP contribution in [0, 0.1) is 0 Å². The minimum atomic E-state index is -4.40. The van der Waals surface area contributed by atoms with Crippen LogP contribution in [-0.4, -0.2) is 42.0 Å². The van der Waals surface area contributed by atoms with Gasteiger partial charge < -0.3 is 9.64 Å². The van der Waals surface area contributed by atoms with Crippen LogP contribution in [0.1, 0.15) is 28.8 Å². The van der Waals surface area contributed by atoms with Crippen LogP contribution < -0.4 is 4.74 Å². The molecule has 0 unspecified atom stereocenters. The first kappa shape index (κ1) is 14.9. The number of rotatable bonds is 3. The van der Waals surface area contributed by atoms with Crippen molar-refractivity contribution in [2.45, 2.75) is 31.5 Å². The summed E-state index contributed by atoms with van der Waals surface area (Å²) < 4.78 is 42.6. The van der Waals surface area contributed by atoms with E-state index in [1.54, 1.807) is 18.2 Å². The first-order valence-electron chi connectivity index (χ1n) is 7.02. The van der Waals surface area contributed by atoms with Gasteiger partial charge in [0.15, 0.2) is 11.9 Å². The maximum Gasteiger partial charge on any atom is 0.406 e. The first-order valence-corrected chi connectivity index (χ1v) is 7.02. The van der Waals surface area contributed by atoms with E-state index in [-0.39, 0.29) is 18.7 Å². The summed E-state index contributed by atoms with van der Waals surface area (Å²) in [5.41, 5.74) is 1.52. The molecule has 1 aliphatic carbocycles. The number of carbonyl (C=O) groups is 2. The van der Waals surface area contributed by atoms with Gasteiger partial charge in [-0.3, -0.25) is 9.59 Å². The molecule has 118 valence electrons. The largest absolute Gasteiger partial charge is 0.481 e. The summed E-state index contributed by atoms with van der Waals surface area (Å²) in [7, 11) is 0. The zero-order valence-corrected chi connectivity index (χ0v) is 11.7. The molecular weight excluding hydrogens is 299 g/mol. The molecule has 1 heterocycles. The van der Waals surface area contributed by atoms with Gasteiger partial charge in [-0.1, -0.05) is 0 Å². The van der Waals surface area contributed by atoms with Crippen LogP contribution in [0.2, 0.25) is 0 Å². The van der Waals surface area contributed by atoms with Crippen LogP contribution in [0.4, 0.5) is 13.2 Å². The molecule has 1 fully saturated rings. The summed E-state index contributed by atoms with van der Waals surface area (Å²) in [4.78, 5) is 24.2. The third-order valence-electron chi connectivity index (χ3n) is 3.90. The van der Waals surface area contributed by atoms with E-state index >= 15 is 0 Å².